The van der Waals surface area contributed by atoms with Crippen LogP contribution in [0.2, 0.25) is 0 Å². The van der Waals surface area contributed by atoms with Crippen molar-refractivity contribution in [1.82, 2.24) is 5.16 Å². The molecule has 0 atom stereocenters. The highest BCUT2D eigenvalue weighted by Gasteiger charge is 2.20. The van der Waals surface area contributed by atoms with Gasteiger partial charge in [0.2, 0.25) is 11.8 Å². The molecule has 0 saturated carbocycles. The smallest absolute Gasteiger partial charge is 0.238 e. The Balaban J connectivity index is 2.38. The summed E-state index contributed by atoms with van der Waals surface area (Å²) in [5, 5.41) is 4.05. The van der Waals surface area contributed by atoms with E-state index in [1.165, 1.54) is 4.90 Å². The summed E-state index contributed by atoms with van der Waals surface area (Å²) in [6.07, 6.45) is 0. The van der Waals surface area contributed by atoms with Gasteiger partial charge in [0.15, 0.2) is 0 Å². The SMILES string of the molecule is Cc1c(-c2ccccc2)noc1N(C)C(=O)CI. The number of anilines is 1. The molecule has 0 unspecified atom stereocenters. The third-order valence-corrected chi connectivity index (χ3v) is 3.39. The second-order valence-electron chi connectivity index (χ2n) is 3.91. The minimum Gasteiger partial charge on any atom is -0.337 e. The summed E-state index contributed by atoms with van der Waals surface area (Å²) in [7, 11) is 1.70. The first-order chi connectivity index (χ1) is 8.65. The zero-order valence-electron chi connectivity index (χ0n) is 10.2. The molecule has 2 rings (SSSR count). The number of alkyl halides is 1. The fourth-order valence-corrected chi connectivity index (χ4v) is 2.22. The van der Waals surface area contributed by atoms with Crippen molar-refractivity contribution in [2.45, 2.75) is 6.92 Å². The number of halogens is 1. The molecule has 0 aliphatic carbocycles. The summed E-state index contributed by atoms with van der Waals surface area (Å²) in [5.74, 6) is 0.505. The molecule has 4 nitrogen and oxygen atoms in total. The Hall–Kier alpha value is -1.37. The van der Waals surface area contributed by atoms with Crippen LogP contribution in [0.5, 0.6) is 0 Å². The van der Waals surface area contributed by atoms with Crippen molar-refractivity contribution in [3.05, 3.63) is 35.9 Å². The minimum atomic E-state index is -0.00513. The lowest BCUT2D eigenvalue weighted by molar-refractivity contribution is -0.115. The van der Waals surface area contributed by atoms with Crippen LogP contribution >= 0.6 is 22.6 Å². The van der Waals surface area contributed by atoms with Gasteiger partial charge < -0.3 is 4.52 Å². The summed E-state index contributed by atoms with van der Waals surface area (Å²) in [6.45, 7) is 1.91. The zero-order chi connectivity index (χ0) is 13.1. The van der Waals surface area contributed by atoms with E-state index in [0.29, 0.717) is 10.3 Å². The molecule has 1 heterocycles. The molecule has 0 fully saturated rings. The van der Waals surface area contributed by atoms with Crippen LogP contribution < -0.4 is 4.90 Å². The normalized spacial score (nSPS) is 10.4. The molecule has 5 heteroatoms. The van der Waals surface area contributed by atoms with E-state index in [9.17, 15) is 4.79 Å². The Labute approximate surface area is 119 Å². The first kappa shape index (κ1) is 13.1. The van der Waals surface area contributed by atoms with Gasteiger partial charge in [-0.1, -0.05) is 58.1 Å². The Morgan fingerprint density at radius 1 is 1.39 bits per heavy atom. The van der Waals surface area contributed by atoms with Crippen molar-refractivity contribution in [2.75, 3.05) is 16.4 Å². The standard InChI is InChI=1S/C13H13IN2O2/c1-9-12(10-6-4-3-5-7-10)15-18-13(9)16(2)11(17)8-14/h3-7H,8H2,1-2H3. The number of carbonyl (C=O) groups is 1. The predicted octanol–water partition coefficient (Wildman–Crippen LogP) is 3.05. The summed E-state index contributed by atoms with van der Waals surface area (Å²) in [6, 6.07) is 9.78. The van der Waals surface area contributed by atoms with Crippen LogP contribution in [0, 0.1) is 6.92 Å². The molecule has 94 valence electrons. The number of hydrogen-bond acceptors (Lipinski definition) is 3. The molecular formula is C13H13IN2O2. The maximum atomic E-state index is 11.6. The molecule has 0 N–H and O–H groups in total. The Kier molecular flexibility index (Phi) is 4.00. The monoisotopic (exact) mass is 356 g/mol. The van der Waals surface area contributed by atoms with Crippen LogP contribution in [0.25, 0.3) is 11.3 Å². The van der Waals surface area contributed by atoms with Gasteiger partial charge in [-0.3, -0.25) is 9.69 Å². The van der Waals surface area contributed by atoms with Gasteiger partial charge >= 0.3 is 0 Å². The quantitative estimate of drug-likeness (QED) is 0.627. The highest BCUT2D eigenvalue weighted by molar-refractivity contribution is 14.1. The van der Waals surface area contributed by atoms with Gasteiger partial charge in [0.05, 0.1) is 4.43 Å². The highest BCUT2D eigenvalue weighted by atomic mass is 127. The molecule has 1 amide bonds. The molecular weight excluding hydrogens is 343 g/mol. The van der Waals surface area contributed by atoms with Crippen molar-refractivity contribution in [1.29, 1.82) is 0 Å². The summed E-state index contributed by atoms with van der Waals surface area (Å²) in [4.78, 5) is 13.1. The van der Waals surface area contributed by atoms with Gasteiger partial charge in [-0.15, -0.1) is 0 Å². The van der Waals surface area contributed by atoms with Crippen LogP contribution in [0.4, 0.5) is 5.88 Å². The van der Waals surface area contributed by atoms with Crippen molar-refractivity contribution < 1.29 is 9.32 Å². The number of amides is 1. The fourth-order valence-electron chi connectivity index (χ4n) is 1.71. The second kappa shape index (κ2) is 5.51. The second-order valence-corrected chi connectivity index (χ2v) is 4.68. The average Bonchev–Trinajstić information content (AvgIpc) is 2.80. The maximum absolute atomic E-state index is 11.6. The van der Waals surface area contributed by atoms with Crippen LogP contribution in [-0.4, -0.2) is 22.5 Å². The highest BCUT2D eigenvalue weighted by Crippen LogP contribution is 2.29. The van der Waals surface area contributed by atoms with E-state index in [-0.39, 0.29) is 5.91 Å². The van der Waals surface area contributed by atoms with Gasteiger partial charge in [-0.25, -0.2) is 0 Å². The largest absolute Gasteiger partial charge is 0.337 e. The number of nitrogens with zero attached hydrogens (tertiary/aromatic N) is 2. The number of benzene rings is 1. The summed E-state index contributed by atoms with van der Waals surface area (Å²) in [5.41, 5.74) is 2.64. The molecule has 0 radical (unpaired) electrons. The van der Waals surface area contributed by atoms with Crippen molar-refractivity contribution in [2.24, 2.45) is 0 Å². The van der Waals surface area contributed by atoms with Crippen LogP contribution in [0.1, 0.15) is 5.56 Å². The van der Waals surface area contributed by atoms with Gasteiger partial charge in [0, 0.05) is 18.2 Å². The topological polar surface area (TPSA) is 46.3 Å². The van der Waals surface area contributed by atoms with Gasteiger partial charge in [-0.05, 0) is 6.92 Å². The molecule has 0 bridgehead atoms. The van der Waals surface area contributed by atoms with Crippen LogP contribution in [-0.2, 0) is 4.79 Å². The predicted molar refractivity (Wildman–Crippen MR) is 79.0 cm³/mol. The van der Waals surface area contributed by atoms with E-state index in [1.54, 1.807) is 7.05 Å². The van der Waals surface area contributed by atoms with E-state index in [2.05, 4.69) is 5.16 Å². The first-order valence-electron chi connectivity index (χ1n) is 5.49. The van der Waals surface area contributed by atoms with Crippen LogP contribution in [0.15, 0.2) is 34.9 Å². The van der Waals surface area contributed by atoms with Crippen LogP contribution in [0.3, 0.4) is 0 Å². The summed E-state index contributed by atoms with van der Waals surface area (Å²) >= 11 is 2.03. The molecule has 0 saturated heterocycles. The molecule has 2 aromatic rings. The number of rotatable bonds is 3. The number of aromatic nitrogens is 1. The minimum absolute atomic E-state index is 0.00513. The third-order valence-electron chi connectivity index (χ3n) is 2.74. The lowest BCUT2D eigenvalue weighted by atomic mass is 10.1. The molecule has 0 spiro atoms. The molecule has 0 aliphatic heterocycles. The first-order valence-corrected chi connectivity index (χ1v) is 7.02. The molecule has 1 aromatic carbocycles. The third kappa shape index (κ3) is 2.40. The van der Waals surface area contributed by atoms with Crippen molar-refractivity contribution in [3.8, 4) is 11.3 Å². The van der Waals surface area contributed by atoms with Gasteiger partial charge in [-0.2, -0.15) is 0 Å². The summed E-state index contributed by atoms with van der Waals surface area (Å²) < 4.78 is 5.70. The number of carbonyl (C=O) groups excluding carboxylic acids is 1. The van der Waals surface area contributed by atoms with E-state index >= 15 is 0 Å². The van der Waals surface area contributed by atoms with E-state index < -0.39 is 0 Å². The fraction of sp³-hybridized carbons (Fsp3) is 0.231. The lowest BCUT2D eigenvalue weighted by Gasteiger charge is -2.12. The van der Waals surface area contributed by atoms with E-state index in [1.807, 2.05) is 59.8 Å². The average molecular weight is 356 g/mol. The Morgan fingerprint density at radius 2 is 2.06 bits per heavy atom. The Bertz CT molecular complexity index is 551. The molecule has 0 aliphatic rings. The van der Waals surface area contributed by atoms with Gasteiger partial charge in [0.25, 0.3) is 0 Å². The van der Waals surface area contributed by atoms with Crippen molar-refractivity contribution >= 4 is 34.4 Å². The maximum Gasteiger partial charge on any atom is 0.238 e. The molecule has 1 aromatic heterocycles. The number of hydrogen-bond donors (Lipinski definition) is 0. The lowest BCUT2D eigenvalue weighted by Crippen LogP contribution is -2.27. The zero-order valence-corrected chi connectivity index (χ0v) is 12.3. The van der Waals surface area contributed by atoms with Gasteiger partial charge in [0.1, 0.15) is 5.69 Å². The van der Waals surface area contributed by atoms with E-state index in [0.717, 1.165) is 16.8 Å². The Morgan fingerprint density at radius 3 is 2.67 bits per heavy atom. The van der Waals surface area contributed by atoms with E-state index in [4.69, 9.17) is 4.52 Å². The van der Waals surface area contributed by atoms with Crippen molar-refractivity contribution in [3.63, 3.8) is 0 Å². The molecule has 18 heavy (non-hydrogen) atoms.